The third kappa shape index (κ3) is 5.26. The summed E-state index contributed by atoms with van der Waals surface area (Å²) in [5, 5.41) is 3.45. The van der Waals surface area contributed by atoms with E-state index in [4.69, 9.17) is 0 Å². The maximum Gasteiger partial charge on any atom is 0.236 e. The topological polar surface area (TPSA) is 35.6 Å². The summed E-state index contributed by atoms with van der Waals surface area (Å²) in [5.74, 6) is 1.84. The van der Waals surface area contributed by atoms with Gasteiger partial charge >= 0.3 is 0 Å². The molecule has 1 heterocycles. The smallest absolute Gasteiger partial charge is 0.236 e. The molecule has 2 fully saturated rings. The number of piperidine rings is 1. The van der Waals surface area contributed by atoms with E-state index in [2.05, 4.69) is 24.2 Å². The van der Waals surface area contributed by atoms with Gasteiger partial charge in [0.2, 0.25) is 5.91 Å². The van der Waals surface area contributed by atoms with Crippen molar-refractivity contribution in [1.82, 2.24) is 15.1 Å². The molecule has 1 unspecified atom stereocenters. The molecule has 0 aromatic heterocycles. The summed E-state index contributed by atoms with van der Waals surface area (Å²) in [6.45, 7) is 6.19. The molecule has 122 valence electrons. The minimum atomic E-state index is 0.292. The van der Waals surface area contributed by atoms with Crippen molar-refractivity contribution in [3.05, 3.63) is 0 Å². The Morgan fingerprint density at radius 3 is 2.48 bits per heavy atom. The molecule has 2 rings (SSSR count). The van der Waals surface area contributed by atoms with E-state index in [1.54, 1.807) is 0 Å². The lowest BCUT2D eigenvalue weighted by Crippen LogP contribution is -2.45. The van der Waals surface area contributed by atoms with Crippen molar-refractivity contribution >= 4 is 5.91 Å². The van der Waals surface area contributed by atoms with E-state index >= 15 is 0 Å². The van der Waals surface area contributed by atoms with Crippen molar-refractivity contribution in [2.75, 3.05) is 40.3 Å². The number of hydrogen-bond donors (Lipinski definition) is 1. The Morgan fingerprint density at radius 1 is 1.14 bits per heavy atom. The maximum atomic E-state index is 12.4. The summed E-state index contributed by atoms with van der Waals surface area (Å²) in [6.07, 6.45) is 7.46. The first-order chi connectivity index (χ1) is 10.1. The molecule has 0 bridgehead atoms. The second kappa shape index (κ2) is 8.14. The highest BCUT2D eigenvalue weighted by Crippen LogP contribution is 2.26. The number of nitrogens with one attached hydrogen (secondary N) is 1. The molecule has 1 aliphatic carbocycles. The normalized spacial score (nSPS) is 30.4. The molecule has 1 atom stereocenters. The fraction of sp³-hybridized carbons (Fsp3) is 0.941. The van der Waals surface area contributed by atoms with Crippen molar-refractivity contribution in [1.29, 1.82) is 0 Å². The highest BCUT2D eigenvalue weighted by molar-refractivity contribution is 5.78. The number of carbonyl (C=O) groups is 1. The van der Waals surface area contributed by atoms with E-state index < -0.39 is 0 Å². The first kappa shape index (κ1) is 16.8. The first-order valence-electron chi connectivity index (χ1n) is 8.71. The van der Waals surface area contributed by atoms with Crippen LogP contribution in [0.4, 0.5) is 0 Å². The predicted molar refractivity (Wildman–Crippen MR) is 87.3 cm³/mol. The number of nitrogens with zero attached hydrogens (tertiary/aromatic N) is 2. The van der Waals surface area contributed by atoms with Crippen LogP contribution in [-0.4, -0.2) is 62.0 Å². The zero-order valence-corrected chi connectivity index (χ0v) is 14.1. The minimum Gasteiger partial charge on any atom is -0.342 e. The van der Waals surface area contributed by atoms with Crippen LogP contribution in [0, 0.1) is 11.8 Å². The molecule has 1 aliphatic heterocycles. The molecule has 1 N–H and O–H groups in total. The fourth-order valence-electron chi connectivity index (χ4n) is 3.76. The van der Waals surface area contributed by atoms with Crippen molar-refractivity contribution in [2.45, 2.75) is 51.5 Å². The molecule has 0 spiro atoms. The number of carbonyl (C=O) groups excluding carboxylic acids is 1. The second-order valence-electron chi connectivity index (χ2n) is 7.33. The molecular weight excluding hydrogens is 262 g/mol. The molecule has 4 nitrogen and oxygen atoms in total. The summed E-state index contributed by atoms with van der Waals surface area (Å²) >= 11 is 0. The Morgan fingerprint density at radius 2 is 1.86 bits per heavy atom. The summed E-state index contributed by atoms with van der Waals surface area (Å²) in [7, 11) is 4.09. The van der Waals surface area contributed by atoms with Gasteiger partial charge in [-0.2, -0.15) is 0 Å². The van der Waals surface area contributed by atoms with Crippen LogP contribution in [0.5, 0.6) is 0 Å². The van der Waals surface area contributed by atoms with E-state index in [9.17, 15) is 4.79 Å². The Hall–Kier alpha value is -0.610. The largest absolute Gasteiger partial charge is 0.342 e. The molecule has 0 radical (unpaired) electrons. The zero-order valence-electron chi connectivity index (χ0n) is 14.1. The highest BCUT2D eigenvalue weighted by Gasteiger charge is 2.25. The molecule has 1 saturated heterocycles. The highest BCUT2D eigenvalue weighted by atomic mass is 16.2. The van der Waals surface area contributed by atoms with Crippen molar-refractivity contribution < 1.29 is 4.79 Å². The number of hydrogen-bond acceptors (Lipinski definition) is 3. The molecule has 1 saturated carbocycles. The van der Waals surface area contributed by atoms with Gasteiger partial charge in [-0.25, -0.2) is 0 Å². The maximum absolute atomic E-state index is 12.4. The lowest BCUT2D eigenvalue weighted by atomic mass is 9.87. The third-order valence-electron chi connectivity index (χ3n) is 5.30. The van der Waals surface area contributed by atoms with Crippen LogP contribution in [0.2, 0.25) is 0 Å². The van der Waals surface area contributed by atoms with Gasteiger partial charge in [-0.05, 0) is 70.5 Å². The third-order valence-corrected chi connectivity index (χ3v) is 5.30. The van der Waals surface area contributed by atoms with Crippen LogP contribution < -0.4 is 5.32 Å². The van der Waals surface area contributed by atoms with Gasteiger partial charge in [0.25, 0.3) is 0 Å². The van der Waals surface area contributed by atoms with Crippen LogP contribution in [-0.2, 0) is 4.79 Å². The lowest BCUT2D eigenvalue weighted by molar-refractivity contribution is -0.133. The number of rotatable bonds is 5. The summed E-state index contributed by atoms with van der Waals surface area (Å²) in [4.78, 5) is 16.7. The summed E-state index contributed by atoms with van der Waals surface area (Å²) in [5.41, 5.74) is 0. The van der Waals surface area contributed by atoms with Crippen molar-refractivity contribution in [2.24, 2.45) is 11.8 Å². The number of amides is 1. The van der Waals surface area contributed by atoms with Crippen LogP contribution in [0.1, 0.15) is 45.4 Å². The van der Waals surface area contributed by atoms with E-state index in [0.717, 1.165) is 25.6 Å². The van der Waals surface area contributed by atoms with Gasteiger partial charge < -0.3 is 10.2 Å². The molecule has 0 aromatic rings. The van der Waals surface area contributed by atoms with Crippen molar-refractivity contribution in [3.63, 3.8) is 0 Å². The van der Waals surface area contributed by atoms with Crippen LogP contribution >= 0.6 is 0 Å². The van der Waals surface area contributed by atoms with Gasteiger partial charge in [-0.3, -0.25) is 9.69 Å². The van der Waals surface area contributed by atoms with Crippen LogP contribution in [0.3, 0.4) is 0 Å². The Labute approximate surface area is 130 Å². The molecule has 1 amide bonds. The first-order valence-corrected chi connectivity index (χ1v) is 8.71. The molecule has 21 heavy (non-hydrogen) atoms. The Balaban J connectivity index is 1.71. The molecule has 4 heteroatoms. The Kier molecular flexibility index (Phi) is 6.49. The standard InChI is InChI=1S/C17H33N3O/c1-14-6-8-16(9-7-14)20(3)17(21)13-19(2)12-15-5-4-10-18-11-15/h14-16,18H,4-13H2,1-3H3. The predicted octanol–water partition coefficient (Wildman–Crippen LogP) is 1.95. The lowest BCUT2D eigenvalue weighted by Gasteiger charge is -2.35. The monoisotopic (exact) mass is 295 g/mol. The van der Waals surface area contributed by atoms with Crippen molar-refractivity contribution in [3.8, 4) is 0 Å². The molecule has 0 aromatic carbocycles. The summed E-state index contributed by atoms with van der Waals surface area (Å²) in [6, 6.07) is 0.471. The van der Waals surface area contributed by atoms with Gasteiger partial charge in [0.15, 0.2) is 0 Å². The van der Waals surface area contributed by atoms with Gasteiger partial charge in [-0.15, -0.1) is 0 Å². The van der Waals surface area contributed by atoms with E-state index in [1.165, 1.54) is 38.5 Å². The van der Waals surface area contributed by atoms with E-state index in [-0.39, 0.29) is 0 Å². The van der Waals surface area contributed by atoms with Gasteiger partial charge in [0.1, 0.15) is 0 Å². The van der Waals surface area contributed by atoms with E-state index in [0.29, 0.717) is 24.4 Å². The van der Waals surface area contributed by atoms with Gasteiger partial charge in [0, 0.05) is 19.6 Å². The SMILES string of the molecule is CC1CCC(N(C)C(=O)CN(C)CC2CCCNC2)CC1. The second-order valence-corrected chi connectivity index (χ2v) is 7.33. The minimum absolute atomic E-state index is 0.292. The van der Waals surface area contributed by atoms with E-state index in [1.807, 2.05) is 11.9 Å². The average molecular weight is 295 g/mol. The summed E-state index contributed by atoms with van der Waals surface area (Å²) < 4.78 is 0. The quantitative estimate of drug-likeness (QED) is 0.842. The fourth-order valence-corrected chi connectivity index (χ4v) is 3.76. The average Bonchev–Trinajstić information content (AvgIpc) is 2.48. The van der Waals surface area contributed by atoms with Crippen LogP contribution in [0.25, 0.3) is 0 Å². The molecular formula is C17H33N3O. The zero-order chi connectivity index (χ0) is 15.2. The molecule has 2 aliphatic rings. The number of likely N-dealkylation sites (N-methyl/N-ethyl adjacent to an activating group) is 2. The van der Waals surface area contributed by atoms with Crippen LogP contribution in [0.15, 0.2) is 0 Å². The van der Waals surface area contributed by atoms with Gasteiger partial charge in [0.05, 0.1) is 6.54 Å². The van der Waals surface area contributed by atoms with Gasteiger partial charge in [-0.1, -0.05) is 6.92 Å². The Bertz CT molecular complexity index is 320.